The normalized spacial score (nSPS) is 12.4. The molecule has 0 amide bonds. The van der Waals surface area contributed by atoms with Crippen LogP contribution in [0.1, 0.15) is 18.4 Å². The van der Waals surface area contributed by atoms with Crippen molar-refractivity contribution in [3.05, 3.63) is 34.6 Å². The highest BCUT2D eigenvalue weighted by Gasteiger charge is 2.11. The van der Waals surface area contributed by atoms with Crippen LogP contribution < -0.4 is 0 Å². The minimum absolute atomic E-state index is 0.0190. The molecule has 0 aliphatic heterocycles. The van der Waals surface area contributed by atoms with E-state index in [1.54, 1.807) is 0 Å². The second-order valence-electron chi connectivity index (χ2n) is 3.49. The maximum absolute atomic E-state index is 13.3. The molecule has 0 fully saturated rings. The molecule has 0 aliphatic rings. The Bertz CT molecular complexity index is 416. The molecule has 94 valence electrons. The highest BCUT2D eigenvalue weighted by Crippen LogP contribution is 2.20. The number of aliphatic carboxylic acids is 1. The summed E-state index contributed by atoms with van der Waals surface area (Å²) in [7, 11) is -1.30. The third-order valence-corrected chi connectivity index (χ3v) is 3.84. The Balaban J connectivity index is 2.53. The Hall–Kier alpha value is -0.940. The van der Waals surface area contributed by atoms with Crippen LogP contribution in [0.2, 0.25) is 5.02 Å². The smallest absolute Gasteiger partial charge is 0.303 e. The number of hydrogen-bond donors (Lipinski definition) is 1. The van der Waals surface area contributed by atoms with Gasteiger partial charge in [0.2, 0.25) is 0 Å². The molecule has 17 heavy (non-hydrogen) atoms. The molecule has 0 aromatic heterocycles. The van der Waals surface area contributed by atoms with Crippen molar-refractivity contribution < 1.29 is 18.5 Å². The van der Waals surface area contributed by atoms with Crippen molar-refractivity contribution in [1.29, 1.82) is 0 Å². The van der Waals surface area contributed by atoms with Crippen LogP contribution in [0.3, 0.4) is 0 Å². The standard InChI is InChI=1S/C11H12ClFO3S/c12-9-3-1-4-10(13)8(9)7-17(16)6-2-5-11(14)15/h1,3-4H,2,5-7H2,(H,14,15). The molecule has 1 aromatic carbocycles. The van der Waals surface area contributed by atoms with Gasteiger partial charge in [-0.05, 0) is 18.6 Å². The zero-order valence-corrected chi connectivity index (χ0v) is 10.6. The average Bonchev–Trinajstić information content (AvgIpc) is 2.23. The fourth-order valence-electron chi connectivity index (χ4n) is 1.29. The van der Waals surface area contributed by atoms with Gasteiger partial charge in [0.05, 0.1) is 5.75 Å². The number of halogens is 2. The fourth-order valence-corrected chi connectivity index (χ4v) is 2.82. The van der Waals surface area contributed by atoms with E-state index in [0.717, 1.165) is 0 Å². The topological polar surface area (TPSA) is 54.4 Å². The molecule has 0 saturated carbocycles. The molecule has 0 radical (unpaired) electrons. The van der Waals surface area contributed by atoms with Crippen molar-refractivity contribution in [1.82, 2.24) is 0 Å². The first kappa shape index (κ1) is 14.1. The van der Waals surface area contributed by atoms with Crippen molar-refractivity contribution in [2.24, 2.45) is 0 Å². The molecular formula is C11H12ClFO3S. The van der Waals surface area contributed by atoms with Gasteiger partial charge in [0, 0.05) is 33.6 Å². The third-order valence-electron chi connectivity index (χ3n) is 2.13. The summed E-state index contributed by atoms with van der Waals surface area (Å²) >= 11 is 5.79. The Kier molecular flexibility index (Phi) is 5.58. The van der Waals surface area contributed by atoms with Crippen LogP contribution >= 0.6 is 11.6 Å². The van der Waals surface area contributed by atoms with Gasteiger partial charge >= 0.3 is 5.97 Å². The number of rotatable bonds is 6. The largest absolute Gasteiger partial charge is 0.481 e. The van der Waals surface area contributed by atoms with Gasteiger partial charge in [-0.1, -0.05) is 17.7 Å². The van der Waals surface area contributed by atoms with Gasteiger partial charge in [-0.2, -0.15) is 0 Å². The number of carboxylic acids is 1. The van der Waals surface area contributed by atoms with Crippen molar-refractivity contribution in [3.63, 3.8) is 0 Å². The lowest BCUT2D eigenvalue weighted by Gasteiger charge is -2.05. The van der Waals surface area contributed by atoms with Gasteiger partial charge in [0.15, 0.2) is 0 Å². The molecule has 1 aromatic rings. The summed E-state index contributed by atoms with van der Waals surface area (Å²) in [4.78, 5) is 10.3. The van der Waals surface area contributed by atoms with Crippen LogP contribution in [0.15, 0.2) is 18.2 Å². The number of carboxylic acid groups (broad SMARTS) is 1. The molecule has 0 spiro atoms. The van der Waals surface area contributed by atoms with E-state index in [0.29, 0.717) is 6.42 Å². The van der Waals surface area contributed by atoms with E-state index in [-0.39, 0.29) is 28.5 Å². The first-order valence-corrected chi connectivity index (χ1v) is 6.87. The molecule has 1 rings (SSSR count). The van der Waals surface area contributed by atoms with Crippen molar-refractivity contribution in [2.45, 2.75) is 18.6 Å². The first-order chi connectivity index (χ1) is 8.00. The Labute approximate surface area is 106 Å². The lowest BCUT2D eigenvalue weighted by Crippen LogP contribution is -2.05. The molecule has 1 atom stereocenters. The quantitative estimate of drug-likeness (QED) is 0.870. The predicted molar refractivity (Wildman–Crippen MR) is 65.0 cm³/mol. The molecule has 0 bridgehead atoms. The molecule has 0 aliphatic carbocycles. The van der Waals surface area contributed by atoms with Crippen LogP contribution in [0.4, 0.5) is 4.39 Å². The monoisotopic (exact) mass is 278 g/mol. The minimum atomic E-state index is -1.30. The summed E-state index contributed by atoms with van der Waals surface area (Å²) in [6, 6.07) is 4.28. The van der Waals surface area contributed by atoms with Gasteiger partial charge in [0.25, 0.3) is 0 Å². The summed E-state index contributed by atoms with van der Waals surface area (Å²) in [5, 5.41) is 8.67. The molecule has 3 nitrogen and oxygen atoms in total. The minimum Gasteiger partial charge on any atom is -0.481 e. The lowest BCUT2D eigenvalue weighted by molar-refractivity contribution is -0.137. The second kappa shape index (κ2) is 6.71. The zero-order valence-electron chi connectivity index (χ0n) is 8.99. The van der Waals surface area contributed by atoms with Crippen molar-refractivity contribution in [3.8, 4) is 0 Å². The van der Waals surface area contributed by atoms with Gasteiger partial charge in [-0.15, -0.1) is 0 Å². The van der Waals surface area contributed by atoms with Crippen LogP contribution in [0, 0.1) is 5.82 Å². The number of benzene rings is 1. The Morgan fingerprint density at radius 2 is 2.18 bits per heavy atom. The zero-order chi connectivity index (χ0) is 12.8. The number of carbonyl (C=O) groups is 1. The summed E-state index contributed by atoms with van der Waals surface area (Å²) < 4.78 is 24.9. The van der Waals surface area contributed by atoms with Gasteiger partial charge < -0.3 is 5.11 Å². The lowest BCUT2D eigenvalue weighted by atomic mass is 10.2. The third kappa shape index (κ3) is 4.83. The molecule has 1 unspecified atom stereocenters. The number of hydrogen-bond acceptors (Lipinski definition) is 2. The Morgan fingerprint density at radius 3 is 2.76 bits per heavy atom. The van der Waals surface area contributed by atoms with E-state index in [4.69, 9.17) is 16.7 Å². The highest BCUT2D eigenvalue weighted by atomic mass is 35.5. The SMILES string of the molecule is O=C(O)CCCS(=O)Cc1c(F)cccc1Cl. The maximum atomic E-state index is 13.3. The van der Waals surface area contributed by atoms with E-state index in [2.05, 4.69) is 0 Å². The van der Waals surface area contributed by atoms with Crippen LogP contribution in [0.25, 0.3) is 0 Å². The second-order valence-corrected chi connectivity index (χ2v) is 5.47. The molecule has 1 N–H and O–H groups in total. The van der Waals surface area contributed by atoms with E-state index in [9.17, 15) is 13.4 Å². The maximum Gasteiger partial charge on any atom is 0.303 e. The van der Waals surface area contributed by atoms with Crippen LogP contribution in [-0.2, 0) is 21.3 Å². The van der Waals surface area contributed by atoms with E-state index in [1.165, 1.54) is 18.2 Å². The van der Waals surface area contributed by atoms with E-state index in [1.807, 2.05) is 0 Å². The van der Waals surface area contributed by atoms with Crippen molar-refractivity contribution >= 4 is 28.4 Å². The molecular weight excluding hydrogens is 267 g/mol. The summed E-state index contributed by atoms with van der Waals surface area (Å²) in [6.07, 6.45) is 0.283. The predicted octanol–water partition coefficient (Wildman–Crippen LogP) is 2.59. The van der Waals surface area contributed by atoms with E-state index < -0.39 is 22.6 Å². The van der Waals surface area contributed by atoms with Gasteiger partial charge in [-0.3, -0.25) is 9.00 Å². The fraction of sp³-hybridized carbons (Fsp3) is 0.364. The highest BCUT2D eigenvalue weighted by molar-refractivity contribution is 7.84. The summed E-state index contributed by atoms with van der Waals surface area (Å²) in [5.74, 6) is -1.16. The van der Waals surface area contributed by atoms with E-state index >= 15 is 0 Å². The van der Waals surface area contributed by atoms with Crippen molar-refractivity contribution in [2.75, 3.05) is 5.75 Å². The summed E-state index contributed by atoms with van der Waals surface area (Å²) in [6.45, 7) is 0. The van der Waals surface area contributed by atoms with Gasteiger partial charge in [-0.25, -0.2) is 4.39 Å². The average molecular weight is 279 g/mol. The van der Waals surface area contributed by atoms with Crippen LogP contribution in [-0.4, -0.2) is 21.0 Å². The molecule has 6 heteroatoms. The molecule has 0 heterocycles. The van der Waals surface area contributed by atoms with Crippen LogP contribution in [0.5, 0.6) is 0 Å². The van der Waals surface area contributed by atoms with Gasteiger partial charge in [0.1, 0.15) is 5.82 Å². The summed E-state index contributed by atoms with van der Waals surface area (Å²) in [5.41, 5.74) is 0.225. The molecule has 0 saturated heterocycles. The first-order valence-electron chi connectivity index (χ1n) is 5.00. The Morgan fingerprint density at radius 1 is 1.47 bits per heavy atom.